The smallest absolute Gasteiger partial charge is 0.326 e. The maximum atomic E-state index is 12.7. The average molecular weight is 449 g/mol. The van der Waals surface area contributed by atoms with Crippen LogP contribution in [0.5, 0.6) is 0 Å². The molecule has 0 bridgehead atoms. The highest BCUT2D eigenvalue weighted by Gasteiger charge is 2.30. The summed E-state index contributed by atoms with van der Waals surface area (Å²) in [6, 6.07) is -3.33. The minimum Gasteiger partial charge on any atom is -0.481 e. The number of nitrogens with one attached hydrogen (secondary N) is 3. The molecule has 0 heterocycles. The topological polar surface area (TPSA) is 188 Å². The molecule has 0 aliphatic heterocycles. The van der Waals surface area contributed by atoms with E-state index >= 15 is 0 Å². The van der Waals surface area contributed by atoms with Crippen molar-refractivity contribution in [2.24, 2.45) is 11.7 Å². The number of hydrogen-bond acceptors (Lipinski definition) is 7. The number of carboxylic acids is 2. The minimum absolute atomic E-state index is 0.00775. The Morgan fingerprint density at radius 3 is 1.93 bits per heavy atom. The van der Waals surface area contributed by atoms with Gasteiger partial charge in [-0.3, -0.25) is 19.2 Å². The number of thioether (sulfide) groups is 1. The average Bonchev–Trinajstić information content (AvgIpc) is 2.66. The Morgan fingerprint density at radius 1 is 0.900 bits per heavy atom. The van der Waals surface area contributed by atoms with Gasteiger partial charge in [0.1, 0.15) is 18.1 Å². The third kappa shape index (κ3) is 11.6. The van der Waals surface area contributed by atoms with Crippen LogP contribution in [0.15, 0.2) is 0 Å². The lowest BCUT2D eigenvalue weighted by molar-refractivity contribution is -0.143. The number of hydrogen-bond donors (Lipinski definition) is 6. The SMILES string of the molecule is CSCCC(NC(=O)CN)C(=O)NC(CC(C)C)C(=O)NC(CCC(=O)O)C(=O)O. The molecule has 3 unspecified atom stereocenters. The predicted octanol–water partition coefficient (Wildman–Crippen LogP) is -0.852. The zero-order chi connectivity index (χ0) is 23.3. The van der Waals surface area contributed by atoms with Crippen molar-refractivity contribution < 1.29 is 34.2 Å². The number of amides is 3. The number of rotatable bonds is 15. The lowest BCUT2D eigenvalue weighted by Crippen LogP contribution is -2.56. The van der Waals surface area contributed by atoms with Crippen LogP contribution in [0.1, 0.15) is 39.5 Å². The van der Waals surface area contributed by atoms with E-state index in [9.17, 15) is 29.1 Å². The molecule has 3 amide bonds. The maximum Gasteiger partial charge on any atom is 0.326 e. The molecule has 0 aromatic rings. The van der Waals surface area contributed by atoms with Gasteiger partial charge in [0.2, 0.25) is 17.7 Å². The van der Waals surface area contributed by atoms with E-state index in [4.69, 9.17) is 10.8 Å². The fourth-order valence-corrected chi connectivity index (χ4v) is 3.00. The minimum atomic E-state index is -1.40. The maximum absolute atomic E-state index is 12.7. The molecule has 0 rings (SSSR count). The molecule has 0 saturated carbocycles. The van der Waals surface area contributed by atoms with Gasteiger partial charge in [-0.2, -0.15) is 11.8 Å². The Labute approximate surface area is 179 Å². The molecule has 0 radical (unpaired) electrons. The van der Waals surface area contributed by atoms with Gasteiger partial charge in [-0.15, -0.1) is 0 Å². The molecular weight excluding hydrogens is 416 g/mol. The van der Waals surface area contributed by atoms with E-state index in [1.54, 1.807) is 0 Å². The van der Waals surface area contributed by atoms with Gasteiger partial charge in [-0.1, -0.05) is 13.8 Å². The summed E-state index contributed by atoms with van der Waals surface area (Å²) in [6.45, 7) is 3.36. The summed E-state index contributed by atoms with van der Waals surface area (Å²) in [6.07, 6.45) is 1.67. The van der Waals surface area contributed by atoms with E-state index in [0.29, 0.717) is 12.2 Å². The quantitative estimate of drug-likeness (QED) is 0.185. The van der Waals surface area contributed by atoms with E-state index in [1.807, 2.05) is 20.1 Å². The number of carboxylic acid groups (broad SMARTS) is 2. The first-order valence-electron chi connectivity index (χ1n) is 9.55. The second-order valence-electron chi connectivity index (χ2n) is 7.13. The third-order valence-electron chi connectivity index (χ3n) is 4.05. The first kappa shape index (κ1) is 27.7. The van der Waals surface area contributed by atoms with Crippen LogP contribution < -0.4 is 21.7 Å². The Kier molecular flexibility index (Phi) is 13.5. The summed E-state index contributed by atoms with van der Waals surface area (Å²) in [5.74, 6) is -3.80. The van der Waals surface area contributed by atoms with Gasteiger partial charge in [-0.25, -0.2) is 4.79 Å². The van der Waals surface area contributed by atoms with Crippen LogP contribution in [0.25, 0.3) is 0 Å². The molecule has 172 valence electrons. The van der Waals surface area contributed by atoms with Crippen molar-refractivity contribution >= 4 is 41.4 Å². The first-order valence-corrected chi connectivity index (χ1v) is 10.9. The summed E-state index contributed by atoms with van der Waals surface area (Å²) in [5, 5.41) is 25.3. The summed E-state index contributed by atoms with van der Waals surface area (Å²) in [5.41, 5.74) is 5.29. The van der Waals surface area contributed by atoms with Gasteiger partial charge in [0.05, 0.1) is 6.54 Å². The monoisotopic (exact) mass is 448 g/mol. The number of aliphatic carboxylic acids is 2. The highest BCUT2D eigenvalue weighted by molar-refractivity contribution is 7.98. The molecule has 0 aromatic carbocycles. The van der Waals surface area contributed by atoms with Crippen LogP contribution in [0.4, 0.5) is 0 Å². The molecule has 0 aliphatic carbocycles. The highest BCUT2D eigenvalue weighted by Crippen LogP contribution is 2.09. The van der Waals surface area contributed by atoms with Gasteiger partial charge >= 0.3 is 11.9 Å². The lowest BCUT2D eigenvalue weighted by Gasteiger charge is -2.25. The van der Waals surface area contributed by atoms with Crippen molar-refractivity contribution in [3.8, 4) is 0 Å². The fourth-order valence-electron chi connectivity index (χ4n) is 2.53. The van der Waals surface area contributed by atoms with Crippen molar-refractivity contribution in [1.82, 2.24) is 16.0 Å². The fraction of sp³-hybridized carbons (Fsp3) is 0.722. The van der Waals surface area contributed by atoms with Gasteiger partial charge < -0.3 is 31.9 Å². The van der Waals surface area contributed by atoms with Crippen LogP contribution in [0.2, 0.25) is 0 Å². The lowest BCUT2D eigenvalue weighted by atomic mass is 10.0. The molecule has 0 spiro atoms. The van der Waals surface area contributed by atoms with Crippen LogP contribution in [0, 0.1) is 5.92 Å². The predicted molar refractivity (Wildman–Crippen MR) is 112 cm³/mol. The van der Waals surface area contributed by atoms with Crippen molar-refractivity contribution in [2.45, 2.75) is 57.7 Å². The molecule has 12 heteroatoms. The Balaban J connectivity index is 5.31. The molecule has 0 fully saturated rings. The van der Waals surface area contributed by atoms with E-state index in [1.165, 1.54) is 11.8 Å². The Hall–Kier alpha value is -2.34. The zero-order valence-corrected chi connectivity index (χ0v) is 18.3. The van der Waals surface area contributed by atoms with E-state index in [2.05, 4.69) is 16.0 Å². The van der Waals surface area contributed by atoms with Gasteiger partial charge in [0.15, 0.2) is 0 Å². The molecule has 3 atom stereocenters. The van der Waals surface area contributed by atoms with Crippen molar-refractivity contribution in [1.29, 1.82) is 0 Å². The van der Waals surface area contributed by atoms with Crippen molar-refractivity contribution in [3.05, 3.63) is 0 Å². The number of nitrogens with two attached hydrogens (primary N) is 1. The molecule has 0 aromatic heterocycles. The summed E-state index contributed by atoms with van der Waals surface area (Å²) in [4.78, 5) is 59.0. The largest absolute Gasteiger partial charge is 0.481 e. The number of carbonyl (C=O) groups excluding carboxylic acids is 3. The second-order valence-corrected chi connectivity index (χ2v) is 8.11. The molecule has 0 aliphatic rings. The van der Waals surface area contributed by atoms with E-state index < -0.39 is 54.2 Å². The van der Waals surface area contributed by atoms with Crippen LogP contribution in [0.3, 0.4) is 0 Å². The summed E-state index contributed by atoms with van der Waals surface area (Å²) in [7, 11) is 0. The van der Waals surface area contributed by atoms with Crippen LogP contribution in [-0.2, 0) is 24.0 Å². The summed E-state index contributed by atoms with van der Waals surface area (Å²) >= 11 is 1.48. The van der Waals surface area contributed by atoms with Gasteiger partial charge in [-0.05, 0) is 37.2 Å². The third-order valence-corrected chi connectivity index (χ3v) is 4.69. The summed E-state index contributed by atoms with van der Waals surface area (Å²) < 4.78 is 0. The normalized spacial score (nSPS) is 13.8. The van der Waals surface area contributed by atoms with E-state index in [0.717, 1.165) is 0 Å². The van der Waals surface area contributed by atoms with Gasteiger partial charge in [0.25, 0.3) is 0 Å². The second kappa shape index (κ2) is 14.6. The molecule has 11 nitrogen and oxygen atoms in total. The van der Waals surface area contributed by atoms with Crippen molar-refractivity contribution in [3.63, 3.8) is 0 Å². The standard InChI is InChI=1S/C18H32N4O7S/c1-10(2)8-13(17(27)21-12(18(28)29)4-5-15(24)25)22-16(26)11(6-7-30-3)20-14(23)9-19/h10-13H,4-9,19H2,1-3H3,(H,20,23)(H,21,27)(H,22,26)(H,24,25)(H,28,29). The molecular formula is C18H32N4O7S. The Morgan fingerprint density at radius 2 is 1.47 bits per heavy atom. The zero-order valence-electron chi connectivity index (χ0n) is 17.5. The first-order chi connectivity index (χ1) is 14.0. The molecule has 30 heavy (non-hydrogen) atoms. The van der Waals surface area contributed by atoms with Crippen LogP contribution >= 0.6 is 11.8 Å². The Bertz CT molecular complexity index is 615. The van der Waals surface area contributed by atoms with Crippen molar-refractivity contribution in [2.75, 3.05) is 18.6 Å². The highest BCUT2D eigenvalue weighted by atomic mass is 32.2. The molecule has 7 N–H and O–H groups in total. The molecule has 0 saturated heterocycles. The van der Waals surface area contributed by atoms with E-state index in [-0.39, 0.29) is 25.3 Å². The van der Waals surface area contributed by atoms with Gasteiger partial charge in [0, 0.05) is 6.42 Å². The number of carbonyl (C=O) groups is 5. The van der Waals surface area contributed by atoms with Crippen LogP contribution in [-0.4, -0.2) is 76.6 Å².